The molecule has 2 aromatic heterocycles. The van der Waals surface area contributed by atoms with Gasteiger partial charge in [-0.05, 0) is 62.8 Å². The summed E-state index contributed by atoms with van der Waals surface area (Å²) >= 11 is 1.56. The van der Waals surface area contributed by atoms with E-state index < -0.39 is 5.91 Å². The lowest BCUT2D eigenvalue weighted by atomic mass is 10.0. The van der Waals surface area contributed by atoms with Crippen LogP contribution in [0.2, 0.25) is 0 Å². The molecule has 128 valence electrons. The summed E-state index contributed by atoms with van der Waals surface area (Å²) in [5.74, 6) is -0.410. The fraction of sp³-hybridized carbons (Fsp3) is 0.316. The summed E-state index contributed by atoms with van der Waals surface area (Å²) in [6, 6.07) is 5.82. The second kappa shape index (κ2) is 6.11. The van der Waals surface area contributed by atoms with E-state index in [4.69, 9.17) is 0 Å². The van der Waals surface area contributed by atoms with Crippen LogP contribution in [0.5, 0.6) is 0 Å². The van der Waals surface area contributed by atoms with E-state index in [2.05, 4.69) is 10.3 Å². The minimum atomic E-state index is -0.410. The Hall–Kier alpha value is -2.47. The molecule has 0 radical (unpaired) electrons. The van der Waals surface area contributed by atoms with Crippen LogP contribution in [-0.2, 0) is 12.8 Å². The Morgan fingerprint density at radius 1 is 1.16 bits per heavy atom. The number of hydrogen-bond acceptors (Lipinski definition) is 4. The van der Waals surface area contributed by atoms with Crippen LogP contribution in [0.3, 0.4) is 0 Å². The average Bonchev–Trinajstić information content (AvgIpc) is 2.93. The number of hydrogen-bond donors (Lipinski definition) is 1. The molecule has 0 unspecified atom stereocenters. The maximum atomic E-state index is 12.9. The molecule has 5 nitrogen and oxygen atoms in total. The number of aromatic nitrogens is 2. The Bertz CT molecular complexity index is 1030. The summed E-state index contributed by atoms with van der Waals surface area (Å²) in [7, 11) is 0. The monoisotopic (exact) mass is 353 g/mol. The van der Waals surface area contributed by atoms with Crippen molar-refractivity contribution in [2.45, 2.75) is 39.5 Å². The molecule has 1 aromatic carbocycles. The minimum Gasteiger partial charge on any atom is -0.322 e. The summed E-state index contributed by atoms with van der Waals surface area (Å²) in [4.78, 5) is 31.8. The summed E-state index contributed by atoms with van der Waals surface area (Å²) in [6.45, 7) is 3.95. The number of amides is 1. The van der Waals surface area contributed by atoms with Crippen molar-refractivity contribution in [2.75, 3.05) is 5.32 Å². The molecule has 0 bridgehead atoms. The zero-order chi connectivity index (χ0) is 17.6. The van der Waals surface area contributed by atoms with Gasteiger partial charge in [-0.1, -0.05) is 6.07 Å². The summed E-state index contributed by atoms with van der Waals surface area (Å²) in [6.07, 6.45) is 5.49. The molecule has 0 aliphatic heterocycles. The lowest BCUT2D eigenvalue weighted by Gasteiger charge is -2.11. The van der Waals surface area contributed by atoms with Crippen LogP contribution < -0.4 is 10.9 Å². The maximum absolute atomic E-state index is 12.9. The first kappa shape index (κ1) is 16.0. The molecule has 4 rings (SSSR count). The highest BCUT2D eigenvalue weighted by Gasteiger charge is 2.21. The average molecular weight is 353 g/mol. The highest BCUT2D eigenvalue weighted by molar-refractivity contribution is 7.17. The molecule has 0 saturated carbocycles. The third-order valence-electron chi connectivity index (χ3n) is 4.53. The Kier molecular flexibility index (Phi) is 3.92. The predicted octanol–water partition coefficient (Wildman–Crippen LogP) is 3.50. The largest absolute Gasteiger partial charge is 0.322 e. The van der Waals surface area contributed by atoms with Crippen LogP contribution in [0, 0.1) is 13.8 Å². The SMILES string of the molecule is Cc1cc(C)cc(NC(=O)c2cnc3sc4c(n3c2=O)CCCC4)c1. The van der Waals surface area contributed by atoms with Crippen molar-refractivity contribution in [3.63, 3.8) is 0 Å². The first-order valence-corrected chi connectivity index (χ1v) is 9.26. The predicted molar refractivity (Wildman–Crippen MR) is 99.9 cm³/mol. The van der Waals surface area contributed by atoms with E-state index in [1.807, 2.05) is 32.0 Å². The van der Waals surface area contributed by atoms with Crippen molar-refractivity contribution < 1.29 is 4.79 Å². The Morgan fingerprint density at radius 3 is 2.64 bits per heavy atom. The van der Waals surface area contributed by atoms with Gasteiger partial charge in [-0.3, -0.25) is 14.0 Å². The normalized spacial score (nSPS) is 13.7. The van der Waals surface area contributed by atoms with Gasteiger partial charge in [0.1, 0.15) is 5.56 Å². The van der Waals surface area contributed by atoms with E-state index in [9.17, 15) is 9.59 Å². The van der Waals surface area contributed by atoms with E-state index in [1.165, 1.54) is 11.1 Å². The third-order valence-corrected chi connectivity index (χ3v) is 5.68. The van der Waals surface area contributed by atoms with Gasteiger partial charge in [0, 0.05) is 22.5 Å². The first-order valence-electron chi connectivity index (χ1n) is 8.45. The number of nitrogens with zero attached hydrogens (tertiary/aromatic N) is 2. The summed E-state index contributed by atoms with van der Waals surface area (Å²) in [5.41, 5.74) is 3.67. The van der Waals surface area contributed by atoms with Gasteiger partial charge in [-0.2, -0.15) is 0 Å². The summed E-state index contributed by atoms with van der Waals surface area (Å²) in [5, 5.41) is 2.83. The van der Waals surface area contributed by atoms with E-state index >= 15 is 0 Å². The fourth-order valence-electron chi connectivity index (χ4n) is 3.47. The molecule has 0 spiro atoms. The molecule has 6 heteroatoms. The van der Waals surface area contributed by atoms with Crippen molar-refractivity contribution in [1.82, 2.24) is 9.38 Å². The number of thiazole rings is 1. The molecule has 1 aliphatic rings. The number of anilines is 1. The topological polar surface area (TPSA) is 63.5 Å². The number of carbonyl (C=O) groups excluding carboxylic acids is 1. The number of benzene rings is 1. The highest BCUT2D eigenvalue weighted by atomic mass is 32.1. The van der Waals surface area contributed by atoms with Crippen LogP contribution in [0.25, 0.3) is 4.96 Å². The third kappa shape index (κ3) is 2.87. The molecular formula is C19H19N3O2S. The number of fused-ring (bicyclic) bond motifs is 3. The Morgan fingerprint density at radius 2 is 1.88 bits per heavy atom. The van der Waals surface area contributed by atoms with Crippen LogP contribution in [0.1, 0.15) is 44.9 Å². The number of carbonyl (C=O) groups is 1. The second-order valence-electron chi connectivity index (χ2n) is 6.60. The van der Waals surface area contributed by atoms with Crippen LogP contribution in [0.15, 0.2) is 29.2 Å². The van der Waals surface area contributed by atoms with Gasteiger partial charge in [0.2, 0.25) is 0 Å². The molecule has 0 atom stereocenters. The van der Waals surface area contributed by atoms with Crippen LogP contribution in [-0.4, -0.2) is 15.3 Å². The van der Waals surface area contributed by atoms with Gasteiger partial charge >= 0.3 is 0 Å². The standard InChI is InChI=1S/C19H19N3O2S/c1-11-7-12(2)9-13(8-11)21-17(23)14-10-20-19-22(18(14)24)15-5-3-4-6-16(15)25-19/h7-10H,3-6H2,1-2H3,(H,21,23). The fourth-order valence-corrected chi connectivity index (χ4v) is 4.64. The lowest BCUT2D eigenvalue weighted by Crippen LogP contribution is -2.27. The van der Waals surface area contributed by atoms with Gasteiger partial charge in [-0.25, -0.2) is 4.98 Å². The molecule has 0 saturated heterocycles. The number of rotatable bonds is 2. The molecule has 3 aromatic rings. The van der Waals surface area contributed by atoms with Crippen LogP contribution >= 0.6 is 11.3 Å². The molecular weight excluding hydrogens is 334 g/mol. The molecule has 1 N–H and O–H groups in total. The van der Waals surface area contributed by atoms with E-state index in [0.29, 0.717) is 10.6 Å². The van der Waals surface area contributed by atoms with Crippen molar-refractivity contribution >= 4 is 27.9 Å². The quantitative estimate of drug-likeness (QED) is 0.767. The molecule has 2 heterocycles. The zero-order valence-corrected chi connectivity index (χ0v) is 15.1. The smallest absolute Gasteiger partial charge is 0.271 e. The second-order valence-corrected chi connectivity index (χ2v) is 7.67. The van der Waals surface area contributed by atoms with Crippen molar-refractivity contribution in [3.8, 4) is 0 Å². The van der Waals surface area contributed by atoms with E-state index in [0.717, 1.165) is 42.5 Å². The molecule has 0 fully saturated rings. The molecule has 1 amide bonds. The Labute approximate surface area is 149 Å². The van der Waals surface area contributed by atoms with Crippen LogP contribution in [0.4, 0.5) is 5.69 Å². The zero-order valence-electron chi connectivity index (χ0n) is 14.3. The lowest BCUT2D eigenvalue weighted by molar-refractivity contribution is 0.102. The van der Waals surface area contributed by atoms with Gasteiger partial charge in [0.15, 0.2) is 4.96 Å². The highest BCUT2D eigenvalue weighted by Crippen LogP contribution is 2.28. The van der Waals surface area contributed by atoms with Gasteiger partial charge in [-0.15, -0.1) is 11.3 Å². The molecule has 1 aliphatic carbocycles. The van der Waals surface area contributed by atoms with Gasteiger partial charge in [0.05, 0.1) is 0 Å². The van der Waals surface area contributed by atoms with Crippen molar-refractivity contribution in [1.29, 1.82) is 0 Å². The first-order chi connectivity index (χ1) is 12.0. The van der Waals surface area contributed by atoms with Gasteiger partial charge in [0.25, 0.3) is 11.5 Å². The molecule has 25 heavy (non-hydrogen) atoms. The minimum absolute atomic E-state index is 0.0860. The maximum Gasteiger partial charge on any atom is 0.271 e. The summed E-state index contributed by atoms with van der Waals surface area (Å²) < 4.78 is 1.63. The van der Waals surface area contributed by atoms with E-state index in [-0.39, 0.29) is 11.1 Å². The van der Waals surface area contributed by atoms with Crippen molar-refractivity contribution in [2.24, 2.45) is 0 Å². The number of aryl methyl sites for hydroxylation is 4. The van der Waals surface area contributed by atoms with E-state index in [1.54, 1.807) is 15.7 Å². The Balaban J connectivity index is 1.74. The number of nitrogens with one attached hydrogen (secondary N) is 1. The van der Waals surface area contributed by atoms with Gasteiger partial charge < -0.3 is 5.32 Å². The van der Waals surface area contributed by atoms with Crippen molar-refractivity contribution in [3.05, 3.63) is 62.0 Å².